The number of hydrogen-bond acceptors (Lipinski definition) is 6. The second kappa shape index (κ2) is 5.91. The van der Waals surface area contributed by atoms with Crippen LogP contribution in [0.2, 0.25) is 0 Å². The third kappa shape index (κ3) is 2.76. The standard InChI is InChI=1S/C11H16N2O5S/c1-2-19-9-8(16)6(5-14)18-10(9)13-4-3-7(15)12-11(13)17/h3-4,6,8-10,14,16H,2,5H2,1H3,(H,12,15,17)/t6-,8-,9-,10-/m1/s1. The Morgan fingerprint density at radius 2 is 2.26 bits per heavy atom. The molecular weight excluding hydrogens is 272 g/mol. The van der Waals surface area contributed by atoms with Crippen molar-refractivity contribution < 1.29 is 14.9 Å². The fourth-order valence-corrected chi connectivity index (χ4v) is 3.21. The van der Waals surface area contributed by atoms with Crippen LogP contribution in [-0.4, -0.2) is 49.6 Å². The largest absolute Gasteiger partial charge is 0.394 e. The summed E-state index contributed by atoms with van der Waals surface area (Å²) in [5.41, 5.74) is -1.08. The van der Waals surface area contributed by atoms with E-state index in [4.69, 9.17) is 9.84 Å². The van der Waals surface area contributed by atoms with Crippen molar-refractivity contribution in [1.29, 1.82) is 0 Å². The van der Waals surface area contributed by atoms with Crippen molar-refractivity contribution in [2.24, 2.45) is 0 Å². The smallest absolute Gasteiger partial charge is 0.330 e. The Balaban J connectivity index is 2.36. The zero-order valence-electron chi connectivity index (χ0n) is 10.4. The van der Waals surface area contributed by atoms with Crippen molar-refractivity contribution in [3.05, 3.63) is 33.1 Å². The van der Waals surface area contributed by atoms with Crippen LogP contribution in [0, 0.1) is 0 Å². The fourth-order valence-electron chi connectivity index (χ4n) is 2.09. The van der Waals surface area contributed by atoms with Crippen molar-refractivity contribution >= 4 is 11.8 Å². The number of hydrogen-bond donors (Lipinski definition) is 3. The van der Waals surface area contributed by atoms with Crippen LogP contribution in [0.15, 0.2) is 21.9 Å². The summed E-state index contributed by atoms with van der Waals surface area (Å²) in [7, 11) is 0. The van der Waals surface area contributed by atoms with Crippen LogP contribution in [0.3, 0.4) is 0 Å². The molecule has 106 valence electrons. The third-order valence-corrected chi connectivity index (χ3v) is 4.21. The molecule has 2 rings (SSSR count). The molecule has 7 nitrogen and oxygen atoms in total. The number of thioether (sulfide) groups is 1. The monoisotopic (exact) mass is 288 g/mol. The van der Waals surface area contributed by atoms with E-state index in [1.54, 1.807) is 0 Å². The molecule has 0 radical (unpaired) electrons. The van der Waals surface area contributed by atoms with Crippen LogP contribution in [-0.2, 0) is 4.74 Å². The van der Waals surface area contributed by atoms with Gasteiger partial charge in [-0.25, -0.2) is 4.79 Å². The molecule has 0 unspecified atom stereocenters. The van der Waals surface area contributed by atoms with Crippen LogP contribution in [0.4, 0.5) is 0 Å². The van der Waals surface area contributed by atoms with Crippen LogP contribution >= 0.6 is 11.8 Å². The van der Waals surface area contributed by atoms with Crippen LogP contribution < -0.4 is 11.2 Å². The zero-order valence-corrected chi connectivity index (χ0v) is 11.2. The van der Waals surface area contributed by atoms with Gasteiger partial charge < -0.3 is 14.9 Å². The number of nitrogens with one attached hydrogen (secondary N) is 1. The molecule has 3 N–H and O–H groups in total. The lowest BCUT2D eigenvalue weighted by molar-refractivity contribution is -0.0457. The van der Waals surface area contributed by atoms with Crippen LogP contribution in [0.25, 0.3) is 0 Å². The van der Waals surface area contributed by atoms with Gasteiger partial charge in [0.25, 0.3) is 5.56 Å². The zero-order chi connectivity index (χ0) is 14.0. The molecule has 19 heavy (non-hydrogen) atoms. The molecule has 1 fully saturated rings. The molecule has 4 atom stereocenters. The van der Waals surface area contributed by atoms with E-state index >= 15 is 0 Å². The Hall–Kier alpha value is -1.09. The number of aliphatic hydroxyl groups is 2. The highest BCUT2D eigenvalue weighted by molar-refractivity contribution is 7.99. The summed E-state index contributed by atoms with van der Waals surface area (Å²) in [6.07, 6.45) is -0.963. The average molecular weight is 288 g/mol. The second-order valence-corrected chi connectivity index (χ2v) is 5.63. The van der Waals surface area contributed by atoms with Crippen molar-refractivity contribution in [3.8, 4) is 0 Å². The Morgan fingerprint density at radius 3 is 2.84 bits per heavy atom. The lowest BCUT2D eigenvalue weighted by atomic mass is 10.2. The first-order valence-corrected chi connectivity index (χ1v) is 7.00. The van der Waals surface area contributed by atoms with E-state index in [0.29, 0.717) is 0 Å². The maximum atomic E-state index is 11.8. The molecule has 1 saturated heterocycles. The molecule has 2 heterocycles. The van der Waals surface area contributed by atoms with Gasteiger partial charge in [-0.2, -0.15) is 11.8 Å². The first kappa shape index (κ1) is 14.3. The lowest BCUT2D eigenvalue weighted by Crippen LogP contribution is -2.36. The van der Waals surface area contributed by atoms with Gasteiger partial charge in [-0.3, -0.25) is 14.3 Å². The minimum absolute atomic E-state index is 0.323. The van der Waals surface area contributed by atoms with Crippen LogP contribution in [0.5, 0.6) is 0 Å². The topological polar surface area (TPSA) is 105 Å². The van der Waals surface area contributed by atoms with Crippen molar-refractivity contribution in [2.45, 2.75) is 30.6 Å². The number of rotatable bonds is 4. The third-order valence-electron chi connectivity index (χ3n) is 2.98. The molecule has 8 heteroatoms. The summed E-state index contributed by atoms with van der Waals surface area (Å²) in [5, 5.41) is 18.9. The first-order valence-electron chi connectivity index (χ1n) is 5.96. The van der Waals surface area contributed by atoms with Crippen molar-refractivity contribution in [1.82, 2.24) is 9.55 Å². The van der Waals surface area contributed by atoms with E-state index < -0.39 is 29.7 Å². The van der Waals surface area contributed by atoms with Gasteiger partial charge in [-0.1, -0.05) is 6.92 Å². The highest BCUT2D eigenvalue weighted by Crippen LogP contribution is 2.36. The Morgan fingerprint density at radius 1 is 1.53 bits per heavy atom. The maximum Gasteiger partial charge on any atom is 0.330 e. The number of aromatic amines is 1. The molecular formula is C11H16N2O5S. The number of ether oxygens (including phenoxy) is 1. The minimum atomic E-state index is -0.862. The molecule has 0 aromatic carbocycles. The lowest BCUT2D eigenvalue weighted by Gasteiger charge is -2.20. The SMILES string of the molecule is CCS[C@@H]1[C@H](O)[C@@H](CO)O[C@H]1n1ccc(=O)[nH]c1=O. The molecule has 0 amide bonds. The maximum absolute atomic E-state index is 11.8. The molecule has 1 aromatic heterocycles. The second-order valence-electron chi connectivity index (χ2n) is 4.18. The summed E-state index contributed by atoms with van der Waals surface area (Å²) in [4.78, 5) is 24.9. The van der Waals surface area contributed by atoms with Gasteiger partial charge in [-0.15, -0.1) is 0 Å². The first-order chi connectivity index (χ1) is 9.08. The number of nitrogens with zero attached hydrogens (tertiary/aromatic N) is 1. The molecule has 1 aliphatic heterocycles. The van der Waals surface area contributed by atoms with Gasteiger partial charge >= 0.3 is 5.69 Å². The molecule has 1 aromatic rings. The summed E-state index contributed by atoms with van der Waals surface area (Å²) in [6.45, 7) is 1.60. The number of aliphatic hydroxyl groups excluding tert-OH is 2. The summed E-state index contributed by atoms with van der Waals surface area (Å²) in [6, 6.07) is 1.22. The molecule has 1 aliphatic rings. The minimum Gasteiger partial charge on any atom is -0.394 e. The predicted octanol–water partition coefficient (Wildman–Crippen LogP) is -1.09. The molecule has 0 saturated carbocycles. The molecule has 0 spiro atoms. The quantitative estimate of drug-likeness (QED) is 0.650. The van der Waals surface area contributed by atoms with Crippen molar-refractivity contribution in [3.63, 3.8) is 0 Å². The number of H-pyrrole nitrogens is 1. The van der Waals surface area contributed by atoms with E-state index in [2.05, 4.69) is 4.98 Å². The number of aromatic nitrogens is 2. The Bertz CT molecular complexity index is 542. The van der Waals surface area contributed by atoms with Crippen molar-refractivity contribution in [2.75, 3.05) is 12.4 Å². The van der Waals surface area contributed by atoms with Gasteiger partial charge in [0.15, 0.2) is 6.23 Å². The predicted molar refractivity (Wildman–Crippen MR) is 70.2 cm³/mol. The van der Waals surface area contributed by atoms with Gasteiger partial charge in [0.05, 0.1) is 18.0 Å². The highest BCUT2D eigenvalue weighted by Gasteiger charge is 2.44. The molecule has 0 bridgehead atoms. The van der Waals surface area contributed by atoms with Gasteiger partial charge in [0.2, 0.25) is 0 Å². The van der Waals surface area contributed by atoms with Gasteiger partial charge in [-0.05, 0) is 5.75 Å². The van der Waals surface area contributed by atoms with E-state index in [-0.39, 0.29) is 11.9 Å². The van der Waals surface area contributed by atoms with Crippen LogP contribution in [0.1, 0.15) is 13.2 Å². The summed E-state index contributed by atoms with van der Waals surface area (Å²) < 4.78 is 6.74. The van der Waals surface area contributed by atoms with E-state index in [1.165, 1.54) is 28.6 Å². The van der Waals surface area contributed by atoms with E-state index in [0.717, 1.165) is 5.75 Å². The highest BCUT2D eigenvalue weighted by atomic mass is 32.2. The normalized spacial score (nSPS) is 30.7. The van der Waals surface area contributed by atoms with E-state index in [1.807, 2.05) is 6.92 Å². The van der Waals surface area contributed by atoms with Gasteiger partial charge in [0, 0.05) is 12.3 Å². The summed E-state index contributed by atoms with van der Waals surface area (Å²) in [5.74, 6) is 0.734. The average Bonchev–Trinajstić information content (AvgIpc) is 2.68. The summed E-state index contributed by atoms with van der Waals surface area (Å²) >= 11 is 1.44. The molecule has 0 aliphatic carbocycles. The van der Waals surface area contributed by atoms with Gasteiger partial charge in [0.1, 0.15) is 6.10 Å². The fraction of sp³-hybridized carbons (Fsp3) is 0.636. The van der Waals surface area contributed by atoms with E-state index in [9.17, 15) is 14.7 Å². The Labute approximate surface area is 113 Å². The Kier molecular flexibility index (Phi) is 4.46.